The summed E-state index contributed by atoms with van der Waals surface area (Å²) in [5.41, 5.74) is 1.95. The van der Waals surface area contributed by atoms with Gasteiger partial charge in [-0.2, -0.15) is 5.10 Å². The molecule has 0 saturated heterocycles. The third kappa shape index (κ3) is 2.31. The second-order valence-corrected chi connectivity index (χ2v) is 8.92. The highest BCUT2D eigenvalue weighted by atomic mass is 32.1. The Bertz CT molecular complexity index is 757. The van der Waals surface area contributed by atoms with Gasteiger partial charge in [-0.05, 0) is 62.3 Å². The number of rotatable bonds is 3. The molecule has 0 radical (unpaired) electrons. The van der Waals surface area contributed by atoms with Gasteiger partial charge in [-0.3, -0.25) is 14.8 Å². The minimum Gasteiger partial charge on any atom is -0.296 e. The summed E-state index contributed by atoms with van der Waals surface area (Å²) in [6, 6.07) is 1.73. The first-order chi connectivity index (χ1) is 11.6. The molecule has 0 unspecified atom stereocenters. The number of nitrogens with zero attached hydrogens (tertiary/aromatic N) is 3. The lowest BCUT2D eigenvalue weighted by Gasteiger charge is -2.56. The van der Waals surface area contributed by atoms with Gasteiger partial charge in [0.15, 0.2) is 10.8 Å². The zero-order valence-electron chi connectivity index (χ0n) is 13.9. The van der Waals surface area contributed by atoms with Gasteiger partial charge < -0.3 is 0 Å². The quantitative estimate of drug-likeness (QED) is 0.927. The summed E-state index contributed by atoms with van der Waals surface area (Å²) < 4.78 is 1.64. The van der Waals surface area contributed by atoms with Crippen molar-refractivity contribution >= 4 is 22.4 Å². The monoisotopic (exact) mass is 342 g/mol. The number of amides is 1. The smallest absolute Gasteiger partial charge is 0.277 e. The fourth-order valence-corrected chi connectivity index (χ4v) is 6.53. The average Bonchev–Trinajstić information content (AvgIpc) is 3.15. The number of hydrogen-bond donors (Lipinski definition) is 1. The summed E-state index contributed by atoms with van der Waals surface area (Å²) in [6.45, 7) is 0. The van der Waals surface area contributed by atoms with E-state index in [-0.39, 0.29) is 5.91 Å². The summed E-state index contributed by atoms with van der Waals surface area (Å²) in [7, 11) is 1.81. The molecule has 4 fully saturated rings. The fraction of sp³-hybridized carbons (Fsp3) is 0.611. The van der Waals surface area contributed by atoms with Crippen LogP contribution in [0.1, 0.15) is 54.7 Å². The molecule has 24 heavy (non-hydrogen) atoms. The number of nitrogens with one attached hydrogen (secondary N) is 1. The second kappa shape index (κ2) is 5.15. The number of aryl methyl sites for hydroxylation is 1. The maximum atomic E-state index is 12.3. The van der Waals surface area contributed by atoms with Crippen LogP contribution in [0.4, 0.5) is 5.13 Å². The molecule has 4 aliphatic carbocycles. The van der Waals surface area contributed by atoms with Gasteiger partial charge in [-0.15, -0.1) is 11.3 Å². The molecule has 2 aromatic rings. The summed E-state index contributed by atoms with van der Waals surface area (Å²) in [4.78, 5) is 17.1. The van der Waals surface area contributed by atoms with Crippen LogP contribution in [0.15, 0.2) is 17.6 Å². The first-order valence-electron chi connectivity index (χ1n) is 8.87. The Morgan fingerprint density at radius 3 is 2.50 bits per heavy atom. The Hall–Kier alpha value is -1.69. The highest BCUT2D eigenvalue weighted by Gasteiger charge is 2.52. The standard InChI is InChI=1S/C18H22N4OS/c1-22-3-2-14(21-22)16(23)20-17-19-15(10-24-17)18-7-11-4-12(8-18)6-13(5-11)9-18/h2-3,10-13H,4-9H2,1H3,(H,19,20,23). The molecule has 6 heteroatoms. The van der Waals surface area contributed by atoms with Gasteiger partial charge in [0, 0.05) is 24.0 Å². The fourth-order valence-electron chi connectivity index (χ4n) is 5.70. The predicted molar refractivity (Wildman–Crippen MR) is 93.1 cm³/mol. The van der Waals surface area contributed by atoms with Crippen molar-refractivity contribution in [2.24, 2.45) is 24.8 Å². The van der Waals surface area contributed by atoms with Crippen molar-refractivity contribution in [3.8, 4) is 0 Å². The lowest BCUT2D eigenvalue weighted by molar-refractivity contribution is -0.00688. The molecule has 6 rings (SSSR count). The summed E-state index contributed by atoms with van der Waals surface area (Å²) >= 11 is 1.55. The van der Waals surface area contributed by atoms with E-state index in [0.29, 0.717) is 16.2 Å². The topological polar surface area (TPSA) is 59.8 Å². The number of hydrogen-bond acceptors (Lipinski definition) is 4. The minimum absolute atomic E-state index is 0.179. The number of carbonyl (C=O) groups is 1. The molecule has 4 saturated carbocycles. The molecular weight excluding hydrogens is 320 g/mol. The molecule has 0 atom stereocenters. The molecule has 5 nitrogen and oxygen atoms in total. The Morgan fingerprint density at radius 1 is 1.25 bits per heavy atom. The normalized spacial score (nSPS) is 33.8. The van der Waals surface area contributed by atoms with E-state index in [4.69, 9.17) is 4.98 Å². The van der Waals surface area contributed by atoms with Crippen molar-refractivity contribution in [2.75, 3.05) is 5.32 Å². The Labute approximate surface area is 145 Å². The molecule has 1 amide bonds. The second-order valence-electron chi connectivity index (χ2n) is 8.06. The molecule has 0 aromatic carbocycles. The number of aromatic nitrogens is 3. The Balaban J connectivity index is 1.37. The van der Waals surface area contributed by atoms with Gasteiger partial charge in [-0.1, -0.05) is 0 Å². The van der Waals surface area contributed by atoms with Crippen LogP contribution in [0.2, 0.25) is 0 Å². The van der Waals surface area contributed by atoms with Crippen LogP contribution in [0.3, 0.4) is 0 Å². The molecular formula is C18H22N4OS. The molecule has 0 spiro atoms. The van der Waals surface area contributed by atoms with Crippen LogP contribution >= 0.6 is 11.3 Å². The maximum absolute atomic E-state index is 12.3. The summed E-state index contributed by atoms with van der Waals surface area (Å²) in [5.74, 6) is 2.54. The van der Waals surface area contributed by atoms with E-state index in [2.05, 4.69) is 15.8 Å². The zero-order valence-corrected chi connectivity index (χ0v) is 14.7. The third-order valence-corrected chi connectivity index (χ3v) is 7.01. The molecule has 1 N–H and O–H groups in total. The highest BCUT2D eigenvalue weighted by Crippen LogP contribution is 2.60. The van der Waals surface area contributed by atoms with E-state index in [1.165, 1.54) is 44.2 Å². The molecule has 2 aromatic heterocycles. The SMILES string of the molecule is Cn1ccc(C(=O)Nc2nc(C34CC5CC(CC(C5)C3)C4)cs2)n1. The van der Waals surface area contributed by atoms with E-state index < -0.39 is 0 Å². The third-order valence-electron chi connectivity index (χ3n) is 6.25. The predicted octanol–water partition coefficient (Wildman–Crippen LogP) is 3.60. The lowest BCUT2D eigenvalue weighted by Crippen LogP contribution is -2.48. The number of thiazole rings is 1. The lowest BCUT2D eigenvalue weighted by atomic mass is 9.49. The van der Waals surface area contributed by atoms with Crippen LogP contribution < -0.4 is 5.32 Å². The summed E-state index contributed by atoms with van der Waals surface area (Å²) in [5, 5.41) is 9.95. The number of anilines is 1. The molecule has 4 aliphatic rings. The van der Waals surface area contributed by atoms with Gasteiger partial charge in [0.05, 0.1) is 5.69 Å². The summed E-state index contributed by atoms with van der Waals surface area (Å²) in [6.07, 6.45) is 9.99. The maximum Gasteiger partial charge on any atom is 0.277 e. The Morgan fingerprint density at radius 2 is 1.92 bits per heavy atom. The van der Waals surface area contributed by atoms with E-state index in [9.17, 15) is 4.79 Å². The minimum atomic E-state index is -0.179. The number of carbonyl (C=O) groups excluding carboxylic acids is 1. The van der Waals surface area contributed by atoms with Crippen molar-refractivity contribution < 1.29 is 4.79 Å². The van der Waals surface area contributed by atoms with Gasteiger partial charge in [-0.25, -0.2) is 4.98 Å². The van der Waals surface area contributed by atoms with Crippen molar-refractivity contribution in [2.45, 2.75) is 43.9 Å². The van der Waals surface area contributed by atoms with Gasteiger partial charge in [0.25, 0.3) is 5.91 Å². The van der Waals surface area contributed by atoms with Gasteiger partial charge in [0.1, 0.15) is 0 Å². The molecule has 126 valence electrons. The van der Waals surface area contributed by atoms with Crippen molar-refractivity contribution in [1.29, 1.82) is 0 Å². The van der Waals surface area contributed by atoms with Crippen LogP contribution in [0.25, 0.3) is 0 Å². The Kier molecular flexibility index (Phi) is 3.14. The largest absolute Gasteiger partial charge is 0.296 e. The van der Waals surface area contributed by atoms with Crippen LogP contribution in [-0.4, -0.2) is 20.7 Å². The first kappa shape index (κ1) is 14.6. The van der Waals surface area contributed by atoms with E-state index in [1.807, 2.05) is 7.05 Å². The van der Waals surface area contributed by atoms with Crippen molar-refractivity contribution in [1.82, 2.24) is 14.8 Å². The first-order valence-corrected chi connectivity index (χ1v) is 9.75. The van der Waals surface area contributed by atoms with Gasteiger partial charge in [0.2, 0.25) is 0 Å². The zero-order chi connectivity index (χ0) is 16.3. The molecule has 2 heterocycles. The highest BCUT2D eigenvalue weighted by molar-refractivity contribution is 7.14. The van der Waals surface area contributed by atoms with E-state index in [0.717, 1.165) is 17.8 Å². The van der Waals surface area contributed by atoms with Crippen LogP contribution in [-0.2, 0) is 12.5 Å². The average molecular weight is 342 g/mol. The molecule has 4 bridgehead atoms. The molecule has 0 aliphatic heterocycles. The van der Waals surface area contributed by atoms with Crippen LogP contribution in [0.5, 0.6) is 0 Å². The van der Waals surface area contributed by atoms with Crippen molar-refractivity contribution in [3.05, 3.63) is 29.0 Å². The van der Waals surface area contributed by atoms with E-state index >= 15 is 0 Å². The van der Waals surface area contributed by atoms with E-state index in [1.54, 1.807) is 28.3 Å². The van der Waals surface area contributed by atoms with Crippen molar-refractivity contribution in [3.63, 3.8) is 0 Å². The van der Waals surface area contributed by atoms with Gasteiger partial charge >= 0.3 is 0 Å². The van der Waals surface area contributed by atoms with Crippen LogP contribution in [0, 0.1) is 17.8 Å².